The number of rotatable bonds is 4. The summed E-state index contributed by atoms with van der Waals surface area (Å²) in [6.07, 6.45) is 0.982. The minimum Gasteiger partial charge on any atom is -0.444 e. The molecule has 31 heavy (non-hydrogen) atoms. The third-order valence-electron chi connectivity index (χ3n) is 5.60. The van der Waals surface area contributed by atoms with Gasteiger partial charge in [-0.2, -0.15) is 0 Å². The lowest BCUT2D eigenvalue weighted by Crippen LogP contribution is -2.52. The first-order valence-corrected chi connectivity index (χ1v) is 12.6. The highest BCUT2D eigenvalue weighted by molar-refractivity contribution is 7.91. The quantitative estimate of drug-likeness (QED) is 0.752. The number of ether oxygens (including phenoxy) is 1. The summed E-state index contributed by atoms with van der Waals surface area (Å²) in [5.74, 6) is 0.0108. The van der Waals surface area contributed by atoms with Gasteiger partial charge in [-0.1, -0.05) is 30.3 Å². The fraction of sp³-hybridized carbons (Fsp3) is 0.636. The second kappa shape index (κ2) is 9.56. The molecule has 0 bridgehead atoms. The second-order valence-corrected chi connectivity index (χ2v) is 11.6. The van der Waals surface area contributed by atoms with E-state index in [0.29, 0.717) is 39.0 Å². The molecule has 2 aliphatic rings. The van der Waals surface area contributed by atoms with Gasteiger partial charge in [-0.3, -0.25) is 9.69 Å². The predicted octanol–water partition coefficient (Wildman–Crippen LogP) is 1.97. The standard InChI is InChI=1S/C22H33N3O5S/c1-22(2,3)30-21(27)25-11-9-18(10-12-25)23-20(26)19(17-7-5-4-6-8-17)24-13-15-31(28,29)16-14-24/h4-8,18-19H,9-16H2,1-3H3,(H,23,26). The third kappa shape index (κ3) is 6.67. The number of carbonyl (C=O) groups is 2. The average Bonchev–Trinajstić information content (AvgIpc) is 2.69. The first-order valence-electron chi connectivity index (χ1n) is 10.8. The van der Waals surface area contributed by atoms with E-state index in [2.05, 4.69) is 5.32 Å². The molecule has 0 aromatic heterocycles. The average molecular weight is 452 g/mol. The van der Waals surface area contributed by atoms with Gasteiger partial charge in [0.25, 0.3) is 0 Å². The van der Waals surface area contributed by atoms with Crippen molar-refractivity contribution < 1.29 is 22.7 Å². The molecular weight excluding hydrogens is 418 g/mol. The van der Waals surface area contributed by atoms with E-state index < -0.39 is 21.5 Å². The van der Waals surface area contributed by atoms with Gasteiger partial charge in [0.2, 0.25) is 5.91 Å². The molecule has 172 valence electrons. The molecule has 8 nitrogen and oxygen atoms in total. The number of benzene rings is 1. The van der Waals surface area contributed by atoms with Crippen molar-refractivity contribution >= 4 is 21.8 Å². The number of hydrogen-bond donors (Lipinski definition) is 1. The summed E-state index contributed by atoms with van der Waals surface area (Å²) >= 11 is 0. The van der Waals surface area contributed by atoms with Gasteiger partial charge in [-0.05, 0) is 39.2 Å². The summed E-state index contributed by atoms with van der Waals surface area (Å²) in [5, 5.41) is 3.13. The van der Waals surface area contributed by atoms with Crippen LogP contribution in [0.1, 0.15) is 45.2 Å². The van der Waals surface area contributed by atoms with Crippen LogP contribution in [-0.4, -0.2) is 79.5 Å². The molecule has 2 aliphatic heterocycles. The largest absolute Gasteiger partial charge is 0.444 e. The van der Waals surface area contributed by atoms with Crippen molar-refractivity contribution in [3.63, 3.8) is 0 Å². The lowest BCUT2D eigenvalue weighted by atomic mass is 10.0. The predicted molar refractivity (Wildman–Crippen MR) is 118 cm³/mol. The summed E-state index contributed by atoms with van der Waals surface area (Å²) in [7, 11) is -3.03. The molecule has 1 N–H and O–H groups in total. The lowest BCUT2D eigenvalue weighted by Gasteiger charge is -2.37. The van der Waals surface area contributed by atoms with Gasteiger partial charge >= 0.3 is 6.09 Å². The molecule has 0 radical (unpaired) electrons. The number of piperidine rings is 1. The molecule has 2 amide bonds. The maximum Gasteiger partial charge on any atom is 0.410 e. The summed E-state index contributed by atoms with van der Waals surface area (Å²) < 4.78 is 29.1. The number of nitrogens with one attached hydrogen (secondary N) is 1. The molecule has 2 saturated heterocycles. The Morgan fingerprint density at radius 3 is 2.16 bits per heavy atom. The monoisotopic (exact) mass is 451 g/mol. The Labute approximate surface area is 184 Å². The Morgan fingerprint density at radius 2 is 1.61 bits per heavy atom. The fourth-order valence-electron chi connectivity index (χ4n) is 3.96. The summed E-state index contributed by atoms with van der Waals surface area (Å²) in [6, 6.07) is 8.90. The minimum atomic E-state index is -3.03. The Bertz CT molecular complexity index is 860. The van der Waals surface area contributed by atoms with Crippen LogP contribution in [-0.2, 0) is 19.4 Å². The SMILES string of the molecule is CC(C)(C)OC(=O)N1CCC(NC(=O)C(c2ccccc2)N2CCS(=O)(=O)CC2)CC1. The number of likely N-dealkylation sites (tertiary alicyclic amines) is 1. The molecule has 2 fully saturated rings. The van der Waals surface area contributed by atoms with Crippen LogP contribution in [0, 0.1) is 0 Å². The van der Waals surface area contributed by atoms with Gasteiger partial charge < -0.3 is 15.0 Å². The molecule has 1 aromatic rings. The Balaban J connectivity index is 1.62. The first-order chi connectivity index (χ1) is 14.5. The second-order valence-electron chi connectivity index (χ2n) is 9.25. The van der Waals surface area contributed by atoms with Crippen LogP contribution in [0.4, 0.5) is 4.79 Å². The van der Waals surface area contributed by atoms with Crippen molar-refractivity contribution in [3.05, 3.63) is 35.9 Å². The zero-order valence-corrected chi connectivity index (χ0v) is 19.4. The van der Waals surface area contributed by atoms with Gasteiger partial charge in [-0.25, -0.2) is 13.2 Å². The van der Waals surface area contributed by atoms with Crippen LogP contribution in [0.2, 0.25) is 0 Å². The maximum absolute atomic E-state index is 13.3. The highest BCUT2D eigenvalue weighted by Crippen LogP contribution is 2.24. The van der Waals surface area contributed by atoms with E-state index in [1.807, 2.05) is 56.0 Å². The van der Waals surface area contributed by atoms with E-state index in [4.69, 9.17) is 4.74 Å². The maximum atomic E-state index is 13.3. The van der Waals surface area contributed by atoms with Gasteiger partial charge in [0, 0.05) is 32.2 Å². The van der Waals surface area contributed by atoms with Crippen LogP contribution >= 0.6 is 0 Å². The minimum absolute atomic E-state index is 0.0362. The van der Waals surface area contributed by atoms with Gasteiger partial charge in [0.15, 0.2) is 9.84 Å². The zero-order valence-electron chi connectivity index (χ0n) is 18.5. The number of carbonyl (C=O) groups excluding carboxylic acids is 2. The normalized spacial score (nSPS) is 21.3. The Morgan fingerprint density at radius 1 is 1.03 bits per heavy atom. The Hall–Kier alpha value is -2.13. The smallest absolute Gasteiger partial charge is 0.410 e. The topological polar surface area (TPSA) is 96.0 Å². The molecule has 3 rings (SSSR count). The van der Waals surface area contributed by atoms with Gasteiger partial charge in [0.1, 0.15) is 11.6 Å². The van der Waals surface area contributed by atoms with Crippen molar-refractivity contribution in [2.75, 3.05) is 37.7 Å². The number of nitrogens with zero attached hydrogens (tertiary/aromatic N) is 2. The molecule has 1 unspecified atom stereocenters. The number of sulfone groups is 1. The van der Waals surface area contributed by atoms with Crippen molar-refractivity contribution in [2.45, 2.75) is 51.3 Å². The number of hydrogen-bond acceptors (Lipinski definition) is 6. The summed E-state index contributed by atoms with van der Waals surface area (Å²) in [6.45, 7) is 7.25. The van der Waals surface area contributed by atoms with Crippen LogP contribution in [0.25, 0.3) is 0 Å². The molecule has 1 atom stereocenters. The molecule has 0 saturated carbocycles. The molecule has 1 aromatic carbocycles. The van der Waals surface area contributed by atoms with Crippen LogP contribution in [0.15, 0.2) is 30.3 Å². The van der Waals surface area contributed by atoms with Crippen molar-refractivity contribution in [2.24, 2.45) is 0 Å². The molecule has 9 heteroatoms. The van der Waals surface area contributed by atoms with E-state index in [-0.39, 0.29) is 29.5 Å². The number of amides is 2. The van der Waals surface area contributed by atoms with Gasteiger partial charge in [0.05, 0.1) is 11.5 Å². The van der Waals surface area contributed by atoms with E-state index in [9.17, 15) is 18.0 Å². The molecule has 2 heterocycles. The fourth-order valence-corrected chi connectivity index (χ4v) is 5.19. The highest BCUT2D eigenvalue weighted by Gasteiger charge is 2.34. The zero-order chi connectivity index (χ0) is 22.6. The molecular formula is C22H33N3O5S. The van der Waals surface area contributed by atoms with Crippen molar-refractivity contribution in [1.82, 2.24) is 15.1 Å². The van der Waals surface area contributed by atoms with Crippen LogP contribution in [0.5, 0.6) is 0 Å². The first kappa shape index (κ1) is 23.5. The van der Waals surface area contributed by atoms with Crippen LogP contribution in [0.3, 0.4) is 0 Å². The van der Waals surface area contributed by atoms with E-state index in [0.717, 1.165) is 5.56 Å². The molecule has 0 aliphatic carbocycles. The van der Waals surface area contributed by atoms with E-state index >= 15 is 0 Å². The van der Waals surface area contributed by atoms with E-state index in [1.165, 1.54) is 0 Å². The summed E-state index contributed by atoms with van der Waals surface area (Å²) in [5.41, 5.74) is 0.318. The van der Waals surface area contributed by atoms with Crippen LogP contribution < -0.4 is 5.32 Å². The van der Waals surface area contributed by atoms with Gasteiger partial charge in [-0.15, -0.1) is 0 Å². The lowest BCUT2D eigenvalue weighted by molar-refractivity contribution is -0.127. The van der Waals surface area contributed by atoms with E-state index in [1.54, 1.807) is 4.90 Å². The highest BCUT2D eigenvalue weighted by atomic mass is 32.2. The van der Waals surface area contributed by atoms with Crippen molar-refractivity contribution in [1.29, 1.82) is 0 Å². The molecule has 0 spiro atoms. The third-order valence-corrected chi connectivity index (χ3v) is 7.21. The summed E-state index contributed by atoms with van der Waals surface area (Å²) in [4.78, 5) is 29.1. The van der Waals surface area contributed by atoms with Crippen molar-refractivity contribution in [3.8, 4) is 0 Å². The Kier molecular flexibility index (Phi) is 7.26.